The number of carbonyl (C=O) groups is 2. The van der Waals surface area contributed by atoms with Crippen LogP contribution in [0.4, 0.5) is 5.69 Å². The lowest BCUT2D eigenvalue weighted by Crippen LogP contribution is -2.30. The van der Waals surface area contributed by atoms with Crippen molar-refractivity contribution in [2.45, 2.75) is 31.8 Å². The van der Waals surface area contributed by atoms with E-state index in [9.17, 15) is 18.0 Å². The summed E-state index contributed by atoms with van der Waals surface area (Å²) in [5.74, 6) is -1.09. The number of sulfone groups is 1. The monoisotopic (exact) mass is 405 g/mol. The molecule has 0 fully saturated rings. The van der Waals surface area contributed by atoms with Crippen LogP contribution in [-0.4, -0.2) is 38.8 Å². The maximum absolute atomic E-state index is 12.5. The van der Waals surface area contributed by atoms with Crippen LogP contribution >= 0.6 is 0 Å². The Labute approximate surface area is 164 Å². The van der Waals surface area contributed by atoms with Crippen LogP contribution in [0.5, 0.6) is 5.75 Å². The van der Waals surface area contributed by atoms with Gasteiger partial charge < -0.3 is 14.8 Å². The number of carbonyl (C=O) groups excluding carboxylic acids is 2. The van der Waals surface area contributed by atoms with Crippen molar-refractivity contribution in [3.05, 3.63) is 54.1 Å². The molecule has 8 heteroatoms. The number of ether oxygens (including phenoxy) is 2. The quantitative estimate of drug-likeness (QED) is 0.678. The number of amides is 1. The molecule has 0 spiro atoms. The minimum Gasteiger partial charge on any atom is -0.492 e. The fourth-order valence-electron chi connectivity index (χ4n) is 2.43. The molecule has 7 nitrogen and oxygen atoms in total. The van der Waals surface area contributed by atoms with Crippen LogP contribution in [0.1, 0.15) is 31.1 Å². The number of rotatable bonds is 8. The van der Waals surface area contributed by atoms with Gasteiger partial charge in [0.05, 0.1) is 28.5 Å². The minimum absolute atomic E-state index is 0.0984. The number of benzene rings is 2. The molecule has 2 aromatic carbocycles. The molecule has 150 valence electrons. The van der Waals surface area contributed by atoms with Crippen LogP contribution in [0, 0.1) is 0 Å². The lowest BCUT2D eigenvalue weighted by atomic mass is 10.2. The number of para-hydroxylation sites is 2. The van der Waals surface area contributed by atoms with Crippen molar-refractivity contribution in [1.29, 1.82) is 0 Å². The molecule has 1 N–H and O–H groups in total. The van der Waals surface area contributed by atoms with Crippen LogP contribution in [0.2, 0.25) is 0 Å². The van der Waals surface area contributed by atoms with Crippen LogP contribution in [0.25, 0.3) is 0 Å². The molecule has 0 heterocycles. The molecule has 28 heavy (non-hydrogen) atoms. The van der Waals surface area contributed by atoms with Gasteiger partial charge in [-0.2, -0.15) is 0 Å². The van der Waals surface area contributed by atoms with E-state index in [4.69, 9.17) is 9.47 Å². The molecular formula is C20H23NO6S. The van der Waals surface area contributed by atoms with Gasteiger partial charge in [-0.3, -0.25) is 4.79 Å². The van der Waals surface area contributed by atoms with E-state index in [0.29, 0.717) is 18.0 Å². The number of hydrogen-bond donors (Lipinski definition) is 1. The van der Waals surface area contributed by atoms with E-state index in [-0.39, 0.29) is 16.2 Å². The normalized spacial score (nSPS) is 12.1. The first-order valence-electron chi connectivity index (χ1n) is 8.85. The van der Waals surface area contributed by atoms with Gasteiger partial charge in [0.1, 0.15) is 5.75 Å². The Balaban J connectivity index is 2.14. The maximum atomic E-state index is 12.5. The molecule has 0 aromatic heterocycles. The van der Waals surface area contributed by atoms with Crippen molar-refractivity contribution in [3.8, 4) is 5.75 Å². The topological polar surface area (TPSA) is 98.8 Å². The molecule has 0 aliphatic heterocycles. The number of nitrogens with one attached hydrogen (secondary N) is 1. The van der Waals surface area contributed by atoms with Crippen molar-refractivity contribution in [3.63, 3.8) is 0 Å². The zero-order valence-electron chi connectivity index (χ0n) is 16.0. The van der Waals surface area contributed by atoms with Crippen LogP contribution in [-0.2, 0) is 19.4 Å². The SMILES string of the molecule is CCOc1ccccc1NC(=O)[C@H](C)OC(=O)c1ccccc1S(=O)(=O)CC. The molecule has 0 bridgehead atoms. The van der Waals surface area contributed by atoms with Crippen molar-refractivity contribution >= 4 is 27.4 Å². The molecule has 2 rings (SSSR count). The largest absolute Gasteiger partial charge is 0.492 e. The highest BCUT2D eigenvalue weighted by Crippen LogP contribution is 2.24. The molecule has 2 aromatic rings. The second-order valence-corrected chi connectivity index (χ2v) is 8.11. The molecular weight excluding hydrogens is 382 g/mol. The first-order chi connectivity index (χ1) is 13.3. The first-order valence-corrected chi connectivity index (χ1v) is 10.5. The highest BCUT2D eigenvalue weighted by molar-refractivity contribution is 7.91. The van der Waals surface area contributed by atoms with Gasteiger partial charge in [-0.15, -0.1) is 0 Å². The van der Waals surface area contributed by atoms with Gasteiger partial charge in [0.25, 0.3) is 5.91 Å². The Morgan fingerprint density at radius 2 is 1.68 bits per heavy atom. The predicted octanol–water partition coefficient (Wildman–Crippen LogP) is 3.06. The summed E-state index contributed by atoms with van der Waals surface area (Å²) < 4.78 is 35.0. The van der Waals surface area contributed by atoms with Gasteiger partial charge in [0, 0.05) is 0 Å². The third-order valence-electron chi connectivity index (χ3n) is 3.92. The Morgan fingerprint density at radius 1 is 1.04 bits per heavy atom. The van der Waals surface area contributed by atoms with E-state index < -0.39 is 27.8 Å². The fourth-order valence-corrected chi connectivity index (χ4v) is 3.51. The molecule has 1 atom stereocenters. The number of esters is 1. The van der Waals surface area contributed by atoms with E-state index in [2.05, 4.69) is 5.32 Å². The Bertz CT molecular complexity index is 955. The van der Waals surface area contributed by atoms with Crippen molar-refractivity contribution in [1.82, 2.24) is 0 Å². The summed E-state index contributed by atoms with van der Waals surface area (Å²) in [6.07, 6.45) is -1.14. The highest BCUT2D eigenvalue weighted by atomic mass is 32.2. The van der Waals surface area contributed by atoms with Crippen molar-refractivity contribution in [2.24, 2.45) is 0 Å². The summed E-state index contributed by atoms with van der Waals surface area (Å²) in [7, 11) is -3.61. The van der Waals surface area contributed by atoms with Crippen molar-refractivity contribution in [2.75, 3.05) is 17.7 Å². The van der Waals surface area contributed by atoms with Gasteiger partial charge in [-0.25, -0.2) is 13.2 Å². The summed E-state index contributed by atoms with van der Waals surface area (Å²) >= 11 is 0. The van der Waals surface area contributed by atoms with Gasteiger partial charge in [-0.05, 0) is 38.1 Å². The lowest BCUT2D eigenvalue weighted by molar-refractivity contribution is -0.123. The third-order valence-corrected chi connectivity index (χ3v) is 5.71. The highest BCUT2D eigenvalue weighted by Gasteiger charge is 2.25. The smallest absolute Gasteiger partial charge is 0.340 e. The molecule has 0 radical (unpaired) electrons. The second-order valence-electron chi connectivity index (χ2n) is 5.87. The molecule has 0 saturated heterocycles. The fraction of sp³-hybridized carbons (Fsp3) is 0.300. The van der Waals surface area contributed by atoms with E-state index >= 15 is 0 Å². The predicted molar refractivity (Wildman–Crippen MR) is 105 cm³/mol. The summed E-state index contributed by atoms with van der Waals surface area (Å²) in [6.45, 7) is 5.15. The van der Waals surface area contributed by atoms with E-state index in [1.165, 1.54) is 38.1 Å². The summed E-state index contributed by atoms with van der Waals surface area (Å²) in [5, 5.41) is 2.65. The maximum Gasteiger partial charge on any atom is 0.340 e. The van der Waals surface area contributed by atoms with Crippen LogP contribution < -0.4 is 10.1 Å². The summed E-state index contributed by atoms with van der Waals surface area (Å²) in [4.78, 5) is 24.8. The zero-order valence-corrected chi connectivity index (χ0v) is 16.8. The molecule has 0 saturated carbocycles. The number of hydrogen-bond acceptors (Lipinski definition) is 6. The molecule has 1 amide bonds. The molecule has 0 unspecified atom stereocenters. The van der Waals surface area contributed by atoms with Gasteiger partial charge >= 0.3 is 5.97 Å². The zero-order chi connectivity index (χ0) is 20.7. The van der Waals surface area contributed by atoms with E-state index in [1.54, 1.807) is 24.3 Å². The average Bonchev–Trinajstić information content (AvgIpc) is 2.69. The lowest BCUT2D eigenvalue weighted by Gasteiger charge is -2.16. The minimum atomic E-state index is -3.61. The van der Waals surface area contributed by atoms with E-state index in [0.717, 1.165) is 0 Å². The molecule has 0 aliphatic rings. The van der Waals surface area contributed by atoms with Crippen molar-refractivity contribution < 1.29 is 27.5 Å². The third kappa shape index (κ3) is 5.10. The first kappa shape index (κ1) is 21.4. The van der Waals surface area contributed by atoms with E-state index in [1.807, 2.05) is 6.92 Å². The Kier molecular flexibility index (Phi) is 7.17. The van der Waals surface area contributed by atoms with Crippen LogP contribution in [0.15, 0.2) is 53.4 Å². The summed E-state index contributed by atoms with van der Waals surface area (Å²) in [5.41, 5.74) is 0.352. The standard InChI is InChI=1S/C20H23NO6S/c1-4-26-17-12-8-7-11-16(17)21-19(22)14(3)27-20(23)15-10-6-9-13-18(15)28(24,25)5-2/h6-14H,4-5H2,1-3H3,(H,21,22)/t14-/m0/s1. The Morgan fingerprint density at radius 3 is 2.36 bits per heavy atom. The van der Waals surface area contributed by atoms with Gasteiger partial charge in [0.2, 0.25) is 0 Å². The summed E-state index contributed by atoms with van der Waals surface area (Å²) in [6, 6.07) is 12.7. The number of anilines is 1. The Hall–Kier alpha value is -2.87. The average molecular weight is 405 g/mol. The van der Waals surface area contributed by atoms with Crippen LogP contribution in [0.3, 0.4) is 0 Å². The molecule has 0 aliphatic carbocycles. The second kappa shape index (κ2) is 9.36. The van der Waals surface area contributed by atoms with Gasteiger partial charge in [0.15, 0.2) is 15.9 Å². The van der Waals surface area contributed by atoms with Gasteiger partial charge in [-0.1, -0.05) is 31.2 Å².